The van der Waals surface area contributed by atoms with Crippen molar-refractivity contribution in [3.05, 3.63) is 66.4 Å². The summed E-state index contributed by atoms with van der Waals surface area (Å²) in [6, 6.07) is 15.9. The highest BCUT2D eigenvalue weighted by atomic mass is 35.5. The van der Waals surface area contributed by atoms with Gasteiger partial charge in [-0.1, -0.05) is 30.3 Å². The van der Waals surface area contributed by atoms with Crippen molar-refractivity contribution in [3.63, 3.8) is 0 Å². The molecule has 25 heavy (non-hydrogen) atoms. The van der Waals surface area contributed by atoms with Gasteiger partial charge in [-0.05, 0) is 41.9 Å². The molecule has 0 atom stereocenters. The van der Waals surface area contributed by atoms with Gasteiger partial charge < -0.3 is 0 Å². The van der Waals surface area contributed by atoms with E-state index in [1.807, 2.05) is 6.07 Å². The van der Waals surface area contributed by atoms with Gasteiger partial charge in [-0.15, -0.1) is 0 Å². The summed E-state index contributed by atoms with van der Waals surface area (Å²) >= 11 is 5.12. The summed E-state index contributed by atoms with van der Waals surface area (Å²) in [5.74, 6) is 0. The smallest absolute Gasteiger partial charge is 0.233 e. The van der Waals surface area contributed by atoms with Crippen molar-refractivity contribution in [2.75, 3.05) is 6.26 Å². The summed E-state index contributed by atoms with van der Waals surface area (Å²) in [4.78, 5) is 0.132. The first-order valence-electron chi connectivity index (χ1n) is 7.19. The largest absolute Gasteiger partial charge is 0.366 e. The Morgan fingerprint density at radius 1 is 1.04 bits per heavy atom. The van der Waals surface area contributed by atoms with Gasteiger partial charge >= 0.3 is 5.38 Å². The highest BCUT2D eigenvalue weighted by molar-refractivity contribution is 7.90. The summed E-state index contributed by atoms with van der Waals surface area (Å²) in [5, 5.41) is 0.296. The third-order valence-electron chi connectivity index (χ3n) is 3.58. The molecule has 0 amide bonds. The molecule has 3 aromatic rings. The molecule has 130 valence electrons. The van der Waals surface area contributed by atoms with Gasteiger partial charge in [0.15, 0.2) is 9.84 Å². The van der Waals surface area contributed by atoms with Crippen molar-refractivity contribution in [1.82, 2.24) is 9.78 Å². The Kier molecular flexibility index (Phi) is 4.38. The Balaban J connectivity index is 2.16. The molecule has 8 heteroatoms. The second-order valence-electron chi connectivity index (χ2n) is 5.46. The summed E-state index contributed by atoms with van der Waals surface area (Å²) < 4.78 is 51.5. The Morgan fingerprint density at radius 3 is 2.16 bits per heavy atom. The minimum atomic E-state index is -3.61. The van der Waals surface area contributed by atoms with Gasteiger partial charge in [0.25, 0.3) is 0 Å². The summed E-state index contributed by atoms with van der Waals surface area (Å²) in [6.45, 7) is 0. The lowest BCUT2D eigenvalue weighted by molar-refractivity contribution is 0.0895. The minimum absolute atomic E-state index is 0.132. The van der Waals surface area contributed by atoms with Crippen molar-refractivity contribution >= 4 is 21.4 Å². The van der Waals surface area contributed by atoms with Gasteiger partial charge in [0.1, 0.15) is 5.69 Å². The molecule has 4 nitrogen and oxygen atoms in total. The first-order valence-corrected chi connectivity index (χ1v) is 9.46. The SMILES string of the molecule is CS(=O)(=O)c1ccc(-n2nc(C(F)(F)Cl)cc2-c2ccccc2)cc1. The fourth-order valence-corrected chi connectivity index (χ4v) is 3.09. The molecule has 0 aliphatic carbocycles. The van der Waals surface area contributed by atoms with Crippen molar-refractivity contribution < 1.29 is 17.2 Å². The first kappa shape index (κ1) is 17.6. The van der Waals surface area contributed by atoms with Gasteiger partial charge in [0, 0.05) is 11.8 Å². The summed E-state index contributed by atoms with van der Waals surface area (Å²) in [5.41, 5.74) is 0.955. The second kappa shape index (κ2) is 6.24. The zero-order valence-corrected chi connectivity index (χ0v) is 14.6. The number of nitrogens with zero attached hydrogens (tertiary/aromatic N) is 2. The van der Waals surface area contributed by atoms with Crippen LogP contribution in [0.1, 0.15) is 5.69 Å². The maximum Gasteiger partial charge on any atom is 0.366 e. The Labute approximate surface area is 148 Å². The van der Waals surface area contributed by atoms with E-state index >= 15 is 0 Å². The fraction of sp³-hybridized carbons (Fsp3) is 0.118. The van der Waals surface area contributed by atoms with E-state index in [4.69, 9.17) is 11.6 Å². The van der Waals surface area contributed by atoms with Gasteiger partial charge in [0.2, 0.25) is 0 Å². The van der Waals surface area contributed by atoms with Gasteiger partial charge in [-0.3, -0.25) is 0 Å². The van der Waals surface area contributed by atoms with Gasteiger partial charge in [-0.2, -0.15) is 13.9 Å². The number of benzene rings is 2. The number of hydrogen-bond donors (Lipinski definition) is 0. The van der Waals surface area contributed by atoms with Gasteiger partial charge in [-0.25, -0.2) is 13.1 Å². The molecule has 2 aromatic carbocycles. The zero-order valence-electron chi connectivity index (χ0n) is 13.0. The second-order valence-corrected chi connectivity index (χ2v) is 7.95. The maximum atomic E-state index is 13.5. The number of halogens is 3. The molecule has 0 saturated carbocycles. The lowest BCUT2D eigenvalue weighted by atomic mass is 10.1. The molecule has 0 aliphatic heterocycles. The predicted molar refractivity (Wildman–Crippen MR) is 91.9 cm³/mol. The highest BCUT2D eigenvalue weighted by Gasteiger charge is 2.32. The molecular weight excluding hydrogens is 370 g/mol. The van der Waals surface area contributed by atoms with Crippen LogP contribution in [0.15, 0.2) is 65.6 Å². The van der Waals surface area contributed by atoms with E-state index in [1.165, 1.54) is 35.0 Å². The van der Waals surface area contributed by atoms with Crippen LogP contribution in [-0.4, -0.2) is 24.5 Å². The Morgan fingerprint density at radius 2 is 1.64 bits per heavy atom. The van der Waals surface area contributed by atoms with E-state index in [-0.39, 0.29) is 4.90 Å². The van der Waals surface area contributed by atoms with Crippen LogP contribution in [0.2, 0.25) is 0 Å². The summed E-state index contributed by atoms with van der Waals surface area (Å²) in [7, 11) is -3.35. The van der Waals surface area contributed by atoms with Gasteiger partial charge in [0.05, 0.1) is 16.3 Å². The molecule has 0 bridgehead atoms. The molecule has 0 aliphatic rings. The maximum absolute atomic E-state index is 13.5. The normalized spacial score (nSPS) is 12.3. The Hall–Kier alpha value is -2.25. The van der Waals surface area contributed by atoms with E-state index in [0.717, 1.165) is 6.26 Å². The van der Waals surface area contributed by atoms with Crippen LogP contribution in [0.3, 0.4) is 0 Å². The van der Waals surface area contributed by atoms with E-state index in [1.54, 1.807) is 24.3 Å². The molecule has 0 unspecified atom stereocenters. The van der Waals surface area contributed by atoms with Crippen LogP contribution in [0.5, 0.6) is 0 Å². The topological polar surface area (TPSA) is 52.0 Å². The van der Waals surface area contributed by atoms with Crippen LogP contribution < -0.4 is 0 Å². The number of sulfone groups is 1. The van der Waals surface area contributed by atoms with Crippen LogP contribution in [0.4, 0.5) is 8.78 Å². The third-order valence-corrected chi connectivity index (χ3v) is 4.90. The lowest BCUT2D eigenvalue weighted by Crippen LogP contribution is -2.06. The molecule has 0 saturated heterocycles. The number of hydrogen-bond acceptors (Lipinski definition) is 3. The van der Waals surface area contributed by atoms with Crippen LogP contribution >= 0.6 is 11.6 Å². The average molecular weight is 383 g/mol. The molecule has 1 aromatic heterocycles. The molecule has 0 radical (unpaired) electrons. The lowest BCUT2D eigenvalue weighted by Gasteiger charge is -2.08. The zero-order chi connectivity index (χ0) is 18.2. The van der Waals surface area contributed by atoms with Crippen LogP contribution in [-0.2, 0) is 15.2 Å². The fourth-order valence-electron chi connectivity index (χ4n) is 2.37. The molecular formula is C17H13ClF2N2O2S. The molecule has 3 rings (SSSR count). The summed E-state index contributed by atoms with van der Waals surface area (Å²) in [6.07, 6.45) is 1.09. The van der Waals surface area contributed by atoms with E-state index in [9.17, 15) is 17.2 Å². The predicted octanol–water partition coefficient (Wildman–Crippen LogP) is 4.23. The Bertz CT molecular complexity index is 995. The molecule has 0 N–H and O–H groups in total. The molecule has 0 spiro atoms. The van der Waals surface area contributed by atoms with Crippen LogP contribution in [0, 0.1) is 0 Å². The number of rotatable bonds is 4. The first-order chi connectivity index (χ1) is 11.7. The van der Waals surface area contributed by atoms with Crippen molar-refractivity contribution in [2.24, 2.45) is 0 Å². The minimum Gasteiger partial charge on any atom is -0.233 e. The van der Waals surface area contributed by atoms with Crippen molar-refractivity contribution in [2.45, 2.75) is 10.3 Å². The highest BCUT2D eigenvalue weighted by Crippen LogP contribution is 2.35. The average Bonchev–Trinajstić information content (AvgIpc) is 3.00. The number of aromatic nitrogens is 2. The van der Waals surface area contributed by atoms with Crippen molar-refractivity contribution in [3.8, 4) is 16.9 Å². The number of alkyl halides is 3. The quantitative estimate of drug-likeness (QED) is 0.634. The van der Waals surface area contributed by atoms with Crippen LogP contribution in [0.25, 0.3) is 16.9 Å². The van der Waals surface area contributed by atoms with E-state index in [2.05, 4.69) is 5.10 Å². The standard InChI is InChI=1S/C17H13ClF2N2O2S/c1-25(23,24)14-9-7-13(8-10-14)22-15(12-5-3-2-4-6-12)11-16(21-22)17(18,19)20/h2-11H,1H3. The third kappa shape index (κ3) is 3.72. The van der Waals surface area contributed by atoms with E-state index < -0.39 is 20.9 Å². The van der Waals surface area contributed by atoms with Crippen molar-refractivity contribution in [1.29, 1.82) is 0 Å². The molecule has 0 fully saturated rings. The van der Waals surface area contributed by atoms with E-state index in [0.29, 0.717) is 16.9 Å². The molecule has 1 heterocycles. The monoisotopic (exact) mass is 382 g/mol.